The van der Waals surface area contributed by atoms with Crippen LogP contribution < -0.4 is 21.7 Å². The van der Waals surface area contributed by atoms with E-state index in [4.69, 9.17) is 5.73 Å². The highest BCUT2D eigenvalue weighted by molar-refractivity contribution is 5.99. The van der Waals surface area contributed by atoms with Crippen LogP contribution in [0.1, 0.15) is 17.7 Å². The normalized spacial score (nSPS) is 18.6. The van der Waals surface area contributed by atoms with E-state index in [0.29, 0.717) is 12.1 Å². The summed E-state index contributed by atoms with van der Waals surface area (Å²) in [5, 5.41) is 8.79. The number of nitrogens with one attached hydrogen (secondary N) is 3. The van der Waals surface area contributed by atoms with Gasteiger partial charge in [-0.1, -0.05) is 54.6 Å². The Morgan fingerprint density at radius 2 is 1.59 bits per heavy atom. The molecule has 5 N–H and O–H groups in total. The number of fused-ring (bicyclic) bond motifs is 1. The Morgan fingerprint density at radius 3 is 2.35 bits per heavy atom. The van der Waals surface area contributed by atoms with E-state index >= 15 is 0 Å². The van der Waals surface area contributed by atoms with E-state index in [0.717, 1.165) is 16.5 Å². The summed E-state index contributed by atoms with van der Waals surface area (Å²) < 4.78 is 0. The van der Waals surface area contributed by atoms with Gasteiger partial charge < -0.3 is 21.7 Å². The molecule has 2 aromatic carbocycles. The molecule has 0 radical (unpaired) electrons. The Labute approximate surface area is 196 Å². The van der Waals surface area contributed by atoms with Gasteiger partial charge in [0.05, 0.1) is 11.9 Å². The van der Waals surface area contributed by atoms with Crippen molar-refractivity contribution < 1.29 is 19.2 Å². The Hall–Kier alpha value is -4.27. The molecule has 0 spiro atoms. The van der Waals surface area contributed by atoms with Crippen LogP contribution in [0.3, 0.4) is 0 Å². The molecule has 0 saturated carbocycles. The van der Waals surface area contributed by atoms with Crippen LogP contribution in [-0.2, 0) is 32.0 Å². The third-order valence-corrected chi connectivity index (χ3v) is 5.69. The van der Waals surface area contributed by atoms with E-state index in [1.165, 1.54) is 0 Å². The first kappa shape index (κ1) is 22.9. The number of hydrogen-bond donors (Lipinski definition) is 4. The van der Waals surface area contributed by atoms with Gasteiger partial charge in [-0.2, -0.15) is 0 Å². The van der Waals surface area contributed by atoms with Crippen molar-refractivity contribution in [1.82, 2.24) is 20.9 Å². The lowest BCUT2D eigenvalue weighted by atomic mass is 10.0. The molecule has 34 heavy (non-hydrogen) atoms. The second-order valence-corrected chi connectivity index (χ2v) is 8.24. The predicted octanol–water partition coefficient (Wildman–Crippen LogP) is 0.363. The van der Waals surface area contributed by atoms with Gasteiger partial charge in [0.1, 0.15) is 18.1 Å². The molecule has 1 saturated heterocycles. The Morgan fingerprint density at radius 1 is 0.912 bits per heavy atom. The molecule has 4 amide bonds. The van der Waals surface area contributed by atoms with Gasteiger partial charge in [0.2, 0.25) is 23.6 Å². The van der Waals surface area contributed by atoms with E-state index < -0.39 is 35.8 Å². The van der Waals surface area contributed by atoms with Crippen LogP contribution in [0, 0.1) is 0 Å². The summed E-state index contributed by atoms with van der Waals surface area (Å²) in [6.07, 6.45) is 0.138. The predicted molar refractivity (Wildman–Crippen MR) is 125 cm³/mol. The van der Waals surface area contributed by atoms with E-state index in [9.17, 15) is 19.2 Å². The molecular formula is C25H25N5O4. The first-order valence-corrected chi connectivity index (χ1v) is 11.0. The number of nitrogens with zero attached hydrogens (tertiary/aromatic N) is 1. The molecule has 1 fully saturated rings. The van der Waals surface area contributed by atoms with Crippen molar-refractivity contribution in [1.29, 1.82) is 0 Å². The third-order valence-electron chi connectivity index (χ3n) is 5.69. The fourth-order valence-corrected chi connectivity index (χ4v) is 3.91. The van der Waals surface area contributed by atoms with Crippen molar-refractivity contribution in [3.63, 3.8) is 0 Å². The molecule has 3 atom stereocenters. The lowest BCUT2D eigenvalue weighted by molar-refractivity contribution is -0.138. The van der Waals surface area contributed by atoms with Gasteiger partial charge in [0, 0.05) is 23.9 Å². The molecule has 174 valence electrons. The summed E-state index contributed by atoms with van der Waals surface area (Å²) in [4.78, 5) is 54.0. The zero-order chi connectivity index (χ0) is 24.1. The first-order valence-electron chi connectivity index (χ1n) is 11.0. The lowest BCUT2D eigenvalue weighted by Gasteiger charge is -2.29. The topological polar surface area (TPSA) is 143 Å². The second kappa shape index (κ2) is 10.1. The van der Waals surface area contributed by atoms with Crippen molar-refractivity contribution in [3.05, 3.63) is 78.0 Å². The number of pyridine rings is 1. The number of hydrogen-bond acceptors (Lipinski definition) is 5. The van der Waals surface area contributed by atoms with E-state index in [-0.39, 0.29) is 18.7 Å². The van der Waals surface area contributed by atoms with Crippen molar-refractivity contribution in [2.75, 3.05) is 0 Å². The van der Waals surface area contributed by atoms with Gasteiger partial charge in [-0.25, -0.2) is 0 Å². The zero-order valence-electron chi connectivity index (χ0n) is 18.4. The molecule has 0 unspecified atom stereocenters. The van der Waals surface area contributed by atoms with E-state index in [2.05, 4.69) is 20.9 Å². The maximum atomic E-state index is 12.6. The standard InChI is InChI=1S/C25H25N5O4/c26-23(32)19(13-17-11-10-16-8-4-5-9-18(16)27-17)28-22(31)14-21-25(34)29-20(24(33)30-21)12-15-6-2-1-3-7-15/h1-11,19-21H,12-14H2,(H2,26,32)(H,28,31)(H,29,34)(H,30,33)/t19-,20-,21-/m0/s1. The molecule has 1 aromatic heterocycles. The average molecular weight is 460 g/mol. The number of nitrogens with two attached hydrogens (primary N) is 1. The summed E-state index contributed by atoms with van der Waals surface area (Å²) in [6, 6.07) is 17.7. The minimum Gasteiger partial charge on any atom is -0.368 e. The van der Waals surface area contributed by atoms with Crippen LogP contribution >= 0.6 is 0 Å². The van der Waals surface area contributed by atoms with Gasteiger partial charge in [-0.3, -0.25) is 24.2 Å². The Bertz CT molecular complexity index is 1230. The van der Waals surface area contributed by atoms with Crippen LogP contribution in [0.15, 0.2) is 66.7 Å². The summed E-state index contributed by atoms with van der Waals surface area (Å²) in [7, 11) is 0. The van der Waals surface area contributed by atoms with Gasteiger partial charge >= 0.3 is 0 Å². The van der Waals surface area contributed by atoms with Crippen LogP contribution in [0.25, 0.3) is 10.9 Å². The lowest BCUT2D eigenvalue weighted by Crippen LogP contribution is -2.63. The molecule has 1 aliphatic heterocycles. The first-order chi connectivity index (χ1) is 16.4. The maximum Gasteiger partial charge on any atom is 0.243 e. The third kappa shape index (κ3) is 5.55. The minimum absolute atomic E-state index is 0.105. The van der Waals surface area contributed by atoms with Crippen molar-refractivity contribution in [3.8, 4) is 0 Å². The second-order valence-electron chi connectivity index (χ2n) is 8.24. The molecule has 9 nitrogen and oxygen atoms in total. The van der Waals surface area contributed by atoms with Crippen LogP contribution in [0.2, 0.25) is 0 Å². The minimum atomic E-state index is -1.04. The fraction of sp³-hybridized carbons (Fsp3) is 0.240. The molecule has 2 heterocycles. The van der Waals surface area contributed by atoms with Crippen LogP contribution in [0.5, 0.6) is 0 Å². The molecule has 0 bridgehead atoms. The van der Waals surface area contributed by atoms with Gasteiger partial charge in [0.25, 0.3) is 0 Å². The van der Waals surface area contributed by atoms with Gasteiger partial charge in [-0.15, -0.1) is 0 Å². The summed E-state index contributed by atoms with van der Waals surface area (Å²) in [6.45, 7) is 0. The number of primary amides is 1. The number of carbonyl (C=O) groups excluding carboxylic acids is 4. The SMILES string of the molecule is NC(=O)[C@H](Cc1ccc2ccccc2n1)NC(=O)C[C@@H]1NC(=O)[C@H](Cc2ccccc2)NC1=O. The summed E-state index contributed by atoms with van der Waals surface area (Å²) in [5.74, 6) is -2.12. The highest BCUT2D eigenvalue weighted by Crippen LogP contribution is 2.13. The quantitative estimate of drug-likeness (QED) is 0.385. The maximum absolute atomic E-state index is 12.6. The highest BCUT2D eigenvalue weighted by atomic mass is 16.2. The number of para-hydroxylation sites is 1. The van der Waals surface area contributed by atoms with Crippen LogP contribution in [0.4, 0.5) is 0 Å². The molecular weight excluding hydrogens is 434 g/mol. The molecule has 0 aliphatic carbocycles. The van der Waals surface area contributed by atoms with Crippen molar-refractivity contribution in [2.45, 2.75) is 37.4 Å². The molecule has 4 rings (SSSR count). The van der Waals surface area contributed by atoms with Gasteiger partial charge in [-0.05, 0) is 17.7 Å². The summed E-state index contributed by atoms with van der Waals surface area (Å²) in [5.41, 5.74) is 7.75. The van der Waals surface area contributed by atoms with Crippen LogP contribution in [-0.4, -0.2) is 46.7 Å². The number of piperazine rings is 1. The fourth-order valence-electron chi connectivity index (χ4n) is 3.91. The number of aromatic nitrogens is 1. The van der Waals surface area contributed by atoms with E-state index in [1.807, 2.05) is 60.7 Å². The Balaban J connectivity index is 1.35. The van der Waals surface area contributed by atoms with Gasteiger partial charge in [0.15, 0.2) is 0 Å². The Kier molecular flexibility index (Phi) is 6.82. The van der Waals surface area contributed by atoms with E-state index in [1.54, 1.807) is 6.07 Å². The van der Waals surface area contributed by atoms with Crippen molar-refractivity contribution in [2.24, 2.45) is 5.73 Å². The average Bonchev–Trinajstić information content (AvgIpc) is 2.82. The number of carbonyl (C=O) groups is 4. The molecule has 1 aliphatic rings. The molecule has 3 aromatic rings. The smallest absolute Gasteiger partial charge is 0.243 e. The highest BCUT2D eigenvalue weighted by Gasteiger charge is 2.35. The number of amides is 4. The summed E-state index contributed by atoms with van der Waals surface area (Å²) >= 11 is 0. The number of benzene rings is 2. The largest absolute Gasteiger partial charge is 0.368 e. The van der Waals surface area contributed by atoms with Crippen molar-refractivity contribution >= 4 is 34.5 Å². The zero-order valence-corrected chi connectivity index (χ0v) is 18.4. The molecule has 9 heteroatoms. The monoisotopic (exact) mass is 459 g/mol. The number of rotatable bonds is 8.